The third-order valence-electron chi connectivity index (χ3n) is 4.67. The number of nitrogens with zero attached hydrogens (tertiary/aromatic N) is 4. The smallest absolute Gasteiger partial charge is 0.402 e. The van der Waals surface area contributed by atoms with Gasteiger partial charge < -0.3 is 14.4 Å². The third-order valence-corrected chi connectivity index (χ3v) is 6.25. The van der Waals surface area contributed by atoms with Crippen LogP contribution in [0.4, 0.5) is 19.1 Å². The molecule has 1 atom stereocenters. The van der Waals surface area contributed by atoms with E-state index in [4.69, 9.17) is 0 Å². The molecule has 0 amide bonds. The molecule has 7 nitrogen and oxygen atoms in total. The van der Waals surface area contributed by atoms with Crippen LogP contribution >= 0.6 is 0 Å². The van der Waals surface area contributed by atoms with Crippen molar-refractivity contribution in [1.82, 2.24) is 19.3 Å². The monoisotopic (exact) mass is 391 g/mol. The molecule has 2 aromatic heterocycles. The van der Waals surface area contributed by atoms with Crippen molar-refractivity contribution < 1.29 is 22.8 Å². The molecule has 26 heavy (non-hydrogen) atoms. The van der Waals surface area contributed by atoms with Crippen LogP contribution in [0, 0.1) is 5.92 Å². The Bertz CT molecular complexity index is 743. The summed E-state index contributed by atoms with van der Waals surface area (Å²) in [5.41, 5.74) is 0.761. The summed E-state index contributed by atoms with van der Waals surface area (Å²) in [6.07, 6.45) is 0.903. The Morgan fingerprint density at radius 3 is 2.81 bits per heavy atom. The first kappa shape index (κ1) is 19.2. The van der Waals surface area contributed by atoms with Gasteiger partial charge in [0, 0.05) is 43.6 Å². The highest BCUT2D eigenvalue weighted by Crippen LogP contribution is 2.36. The van der Waals surface area contributed by atoms with Gasteiger partial charge in [0.15, 0.2) is 0 Å². The quantitative estimate of drug-likeness (QED) is 0.696. The highest BCUT2D eigenvalue weighted by atomic mass is 32.2. The van der Waals surface area contributed by atoms with E-state index in [0.717, 1.165) is 34.0 Å². The molecule has 144 valence electrons. The van der Waals surface area contributed by atoms with E-state index >= 15 is 0 Å². The first-order valence-electron chi connectivity index (χ1n) is 8.09. The zero-order valence-electron chi connectivity index (χ0n) is 14.4. The molecule has 0 aromatic carbocycles. The Labute approximate surface area is 151 Å². The van der Waals surface area contributed by atoms with Crippen molar-refractivity contribution in [2.45, 2.75) is 25.0 Å². The van der Waals surface area contributed by atoms with Gasteiger partial charge in [-0.25, -0.2) is 9.97 Å². The van der Waals surface area contributed by atoms with Gasteiger partial charge in [0.25, 0.3) is 0 Å². The van der Waals surface area contributed by atoms with Gasteiger partial charge in [-0.2, -0.15) is 8.78 Å². The second kappa shape index (κ2) is 7.59. The van der Waals surface area contributed by atoms with E-state index in [9.17, 15) is 17.9 Å². The van der Waals surface area contributed by atoms with E-state index in [1.807, 2.05) is 13.1 Å². The number of rotatable bonds is 8. The third kappa shape index (κ3) is 4.05. The van der Waals surface area contributed by atoms with E-state index in [-0.39, 0.29) is 17.7 Å². The molecule has 1 aliphatic carbocycles. The molecular formula is C15H20F3N5O2S. The van der Waals surface area contributed by atoms with Crippen LogP contribution in [-0.2, 0) is 16.3 Å². The van der Waals surface area contributed by atoms with Gasteiger partial charge in [-0.1, -0.05) is 0 Å². The fourth-order valence-electron chi connectivity index (χ4n) is 3.15. The predicted octanol–water partition coefficient (Wildman–Crippen LogP) is 2.26. The average Bonchev–Trinajstić information content (AvgIpc) is 3.05. The first-order valence-corrected chi connectivity index (χ1v) is 9.36. The summed E-state index contributed by atoms with van der Waals surface area (Å²) >= 11 is -1.62. The maximum atomic E-state index is 12.9. The normalized spacial score (nSPS) is 21.8. The van der Waals surface area contributed by atoms with Gasteiger partial charge in [-0.05, 0) is 23.4 Å². The van der Waals surface area contributed by atoms with Crippen LogP contribution in [0.1, 0.15) is 12.8 Å². The number of hydrogen-bond acceptors (Lipinski definition) is 6. The van der Waals surface area contributed by atoms with Crippen LogP contribution in [0.5, 0.6) is 0 Å². The lowest BCUT2D eigenvalue weighted by Crippen LogP contribution is -2.47. The van der Waals surface area contributed by atoms with Crippen LogP contribution in [0.25, 0.3) is 11.0 Å². The van der Waals surface area contributed by atoms with Gasteiger partial charge in [-0.3, -0.25) is 0 Å². The van der Waals surface area contributed by atoms with Crippen LogP contribution in [-0.4, -0.2) is 62.4 Å². The minimum absolute atomic E-state index is 0.147. The Morgan fingerprint density at radius 1 is 1.38 bits per heavy atom. The molecule has 0 spiro atoms. The van der Waals surface area contributed by atoms with Crippen LogP contribution in [0.15, 0.2) is 18.6 Å². The van der Waals surface area contributed by atoms with Crippen molar-refractivity contribution in [2.24, 2.45) is 5.92 Å². The van der Waals surface area contributed by atoms with Gasteiger partial charge in [0.2, 0.25) is 0 Å². The second-order valence-corrected chi connectivity index (χ2v) is 8.13. The number of H-pyrrole nitrogens is 1. The number of aromatic amines is 1. The van der Waals surface area contributed by atoms with Gasteiger partial charge in [0.1, 0.15) is 30.1 Å². The predicted molar refractivity (Wildman–Crippen MR) is 91.6 cm³/mol. The van der Waals surface area contributed by atoms with Gasteiger partial charge in [-0.15, -0.1) is 9.25 Å². The van der Waals surface area contributed by atoms with Gasteiger partial charge >= 0.3 is 6.11 Å². The minimum atomic E-state index is -3.96. The summed E-state index contributed by atoms with van der Waals surface area (Å²) < 4.78 is 50.5. The average molecular weight is 391 g/mol. The molecule has 1 fully saturated rings. The molecule has 1 N–H and O–H groups in total. The summed E-state index contributed by atoms with van der Waals surface area (Å²) in [7, 11) is 3.20. The topological polar surface area (TPSA) is 80.3 Å². The summed E-state index contributed by atoms with van der Waals surface area (Å²) in [6, 6.07) is 2.14. The fourth-order valence-corrected chi connectivity index (χ4v) is 4.37. The maximum Gasteiger partial charge on any atom is 0.402 e. The Balaban J connectivity index is 1.52. The number of likely N-dealkylation sites (N-methyl/N-ethyl adjacent to an activating group) is 1. The lowest BCUT2D eigenvalue weighted by atomic mass is 9.81. The Kier molecular flexibility index (Phi) is 5.61. The molecule has 3 rings (SSSR count). The molecule has 1 aliphatic rings. The lowest BCUT2D eigenvalue weighted by Gasteiger charge is -2.42. The zero-order chi connectivity index (χ0) is 18.9. The highest BCUT2D eigenvalue weighted by molar-refractivity contribution is 7.89. The molecule has 0 saturated heterocycles. The molecule has 1 saturated carbocycles. The molecule has 0 radical (unpaired) electrons. The van der Waals surface area contributed by atoms with Gasteiger partial charge in [0.05, 0.1) is 5.39 Å². The van der Waals surface area contributed by atoms with Crippen molar-refractivity contribution in [3.8, 4) is 0 Å². The van der Waals surface area contributed by atoms with E-state index in [1.165, 1.54) is 13.4 Å². The fraction of sp³-hybridized carbons (Fsp3) is 0.600. The molecule has 2 heterocycles. The minimum Gasteiger partial charge on any atom is -0.598 e. The van der Waals surface area contributed by atoms with E-state index < -0.39 is 24.0 Å². The van der Waals surface area contributed by atoms with Crippen molar-refractivity contribution in [3.05, 3.63) is 18.6 Å². The summed E-state index contributed by atoms with van der Waals surface area (Å²) in [6.45, 7) is -1.06. The lowest BCUT2D eigenvalue weighted by molar-refractivity contribution is -0.354. The van der Waals surface area contributed by atoms with Crippen molar-refractivity contribution in [3.63, 3.8) is 0 Å². The number of fused-ring (bicyclic) bond motifs is 1. The van der Waals surface area contributed by atoms with Crippen LogP contribution in [0.3, 0.4) is 0 Å². The van der Waals surface area contributed by atoms with E-state index in [1.54, 1.807) is 6.20 Å². The summed E-state index contributed by atoms with van der Waals surface area (Å²) in [4.78, 5) is 16.2. The molecule has 2 aromatic rings. The summed E-state index contributed by atoms with van der Waals surface area (Å²) in [5.74, 6) is 1.22. The van der Waals surface area contributed by atoms with Crippen molar-refractivity contribution >= 4 is 28.2 Å². The second-order valence-electron chi connectivity index (χ2n) is 6.53. The number of nitrogens with one attached hydrogen (secondary N) is 1. The zero-order valence-corrected chi connectivity index (χ0v) is 15.2. The Hall–Kier alpha value is -1.56. The molecule has 11 heteroatoms. The van der Waals surface area contributed by atoms with Crippen LogP contribution < -0.4 is 4.90 Å². The number of anilines is 1. The molecular weight excluding hydrogens is 371 g/mol. The Morgan fingerprint density at radius 2 is 2.12 bits per heavy atom. The number of alkyl halides is 2. The number of hydrogen-bond donors (Lipinski definition) is 1. The van der Waals surface area contributed by atoms with Crippen molar-refractivity contribution in [1.29, 1.82) is 0 Å². The SMILES string of the molecule is CN(CC(F)(F)OF)[S+]([O-])C[C@H]1C[C@@H](N(C)c2ncnc3[nH]ccc23)C1. The molecule has 0 bridgehead atoms. The van der Waals surface area contributed by atoms with E-state index in [2.05, 4.69) is 24.8 Å². The molecule has 1 unspecified atom stereocenters. The number of halogens is 3. The largest absolute Gasteiger partial charge is 0.598 e. The first-order chi connectivity index (χ1) is 12.3. The maximum absolute atomic E-state index is 12.9. The van der Waals surface area contributed by atoms with E-state index in [0.29, 0.717) is 0 Å². The summed E-state index contributed by atoms with van der Waals surface area (Å²) in [5, 5.41) is 0.926. The number of aromatic nitrogens is 3. The highest BCUT2D eigenvalue weighted by Gasteiger charge is 2.40. The molecule has 0 aliphatic heterocycles. The standard InChI is InChI=1S/C15H20F3N5O2S/c1-22(8-15(16,17)25-18)26(24)7-10-5-11(6-10)23(2)14-12-3-4-19-13(12)20-9-21-14/h3-4,9-11H,5-8H2,1-2H3,(H,19,20,21)/t10-,11+,26?. The van der Waals surface area contributed by atoms with Crippen molar-refractivity contribution in [2.75, 3.05) is 31.3 Å². The van der Waals surface area contributed by atoms with Crippen LogP contribution in [0.2, 0.25) is 0 Å².